The number of aryl methyl sites for hydroxylation is 1. The van der Waals surface area contributed by atoms with E-state index in [9.17, 15) is 4.79 Å². The van der Waals surface area contributed by atoms with Gasteiger partial charge in [0.2, 0.25) is 0 Å². The molecule has 0 saturated heterocycles. The van der Waals surface area contributed by atoms with Gasteiger partial charge in [-0.15, -0.1) is 0 Å². The quantitative estimate of drug-likeness (QED) is 0.332. The molecule has 1 heterocycles. The lowest BCUT2D eigenvalue weighted by atomic mass is 10.1. The number of benzene rings is 2. The summed E-state index contributed by atoms with van der Waals surface area (Å²) in [6.07, 6.45) is 4.90. The Hall–Kier alpha value is -3.67. The van der Waals surface area contributed by atoms with E-state index in [0.717, 1.165) is 24.2 Å². The van der Waals surface area contributed by atoms with Gasteiger partial charge in [-0.1, -0.05) is 30.3 Å². The van der Waals surface area contributed by atoms with E-state index in [0.29, 0.717) is 12.4 Å². The minimum Gasteiger partial charge on any atom is -0.494 e. The first-order chi connectivity index (χ1) is 13.7. The molecule has 2 N–H and O–H groups in total. The number of rotatable bonds is 9. The first-order valence-electron chi connectivity index (χ1n) is 8.96. The van der Waals surface area contributed by atoms with E-state index in [4.69, 9.17) is 9.84 Å². The van der Waals surface area contributed by atoms with E-state index in [2.05, 4.69) is 27.6 Å². The maximum Gasteiger partial charge on any atom is 0.337 e. The first kappa shape index (κ1) is 19.1. The van der Waals surface area contributed by atoms with Crippen LogP contribution in [-0.4, -0.2) is 28.9 Å². The van der Waals surface area contributed by atoms with Crippen LogP contribution >= 0.6 is 0 Å². The van der Waals surface area contributed by atoms with E-state index >= 15 is 0 Å². The lowest BCUT2D eigenvalue weighted by Gasteiger charge is -2.06. The number of anilines is 1. The molecular formula is C22H21N3O3. The normalized spacial score (nSPS) is 10.7. The van der Waals surface area contributed by atoms with Crippen molar-refractivity contribution in [3.8, 4) is 5.75 Å². The number of ether oxygens (including phenoxy) is 1. The zero-order valence-electron chi connectivity index (χ0n) is 15.3. The standard InChI is InChI=1S/C22H21N3O3/c26-22(27)19-10-13-21(23-16-19)25-24-15-18-8-11-20(12-9-18)28-14-4-7-17-5-2-1-3-6-17/h1-3,5-6,8-13,15-16H,4,7,14H2,(H,23,25)(H,26,27)/b24-15+. The van der Waals surface area contributed by atoms with Crippen LogP contribution in [0.25, 0.3) is 0 Å². The molecule has 0 saturated carbocycles. The maximum absolute atomic E-state index is 10.8. The molecule has 0 aliphatic rings. The van der Waals surface area contributed by atoms with Gasteiger partial charge in [0.25, 0.3) is 0 Å². The summed E-state index contributed by atoms with van der Waals surface area (Å²) in [5.74, 6) is 0.286. The number of carboxylic acid groups (broad SMARTS) is 1. The van der Waals surface area contributed by atoms with Crippen molar-refractivity contribution in [1.29, 1.82) is 0 Å². The van der Waals surface area contributed by atoms with E-state index in [1.54, 1.807) is 12.3 Å². The Morgan fingerprint density at radius 2 is 1.86 bits per heavy atom. The Morgan fingerprint density at radius 3 is 2.54 bits per heavy atom. The third kappa shape index (κ3) is 5.95. The summed E-state index contributed by atoms with van der Waals surface area (Å²) >= 11 is 0. The summed E-state index contributed by atoms with van der Waals surface area (Å²) in [6.45, 7) is 0.669. The predicted octanol–water partition coefficient (Wildman–Crippen LogP) is 4.24. The second-order valence-electron chi connectivity index (χ2n) is 6.11. The predicted molar refractivity (Wildman–Crippen MR) is 109 cm³/mol. The number of nitrogens with zero attached hydrogens (tertiary/aromatic N) is 2. The molecule has 28 heavy (non-hydrogen) atoms. The molecule has 2 aromatic carbocycles. The van der Waals surface area contributed by atoms with Crippen LogP contribution in [0.2, 0.25) is 0 Å². The van der Waals surface area contributed by atoms with Gasteiger partial charge in [0, 0.05) is 6.20 Å². The summed E-state index contributed by atoms with van der Waals surface area (Å²) in [7, 11) is 0. The number of hydrazone groups is 1. The molecule has 6 nitrogen and oxygen atoms in total. The van der Waals surface area contributed by atoms with Gasteiger partial charge >= 0.3 is 5.97 Å². The highest BCUT2D eigenvalue weighted by Gasteiger charge is 2.02. The largest absolute Gasteiger partial charge is 0.494 e. The topological polar surface area (TPSA) is 83.8 Å². The van der Waals surface area contributed by atoms with Gasteiger partial charge in [0.1, 0.15) is 11.6 Å². The number of nitrogens with one attached hydrogen (secondary N) is 1. The second-order valence-corrected chi connectivity index (χ2v) is 6.11. The first-order valence-corrected chi connectivity index (χ1v) is 8.96. The van der Waals surface area contributed by atoms with Crippen molar-refractivity contribution in [2.24, 2.45) is 5.10 Å². The summed E-state index contributed by atoms with van der Waals surface area (Å²) in [5, 5.41) is 12.9. The lowest BCUT2D eigenvalue weighted by Crippen LogP contribution is -2.00. The van der Waals surface area contributed by atoms with Gasteiger partial charge < -0.3 is 9.84 Å². The number of carbonyl (C=O) groups is 1. The smallest absolute Gasteiger partial charge is 0.337 e. The van der Waals surface area contributed by atoms with Crippen molar-refractivity contribution in [3.05, 3.63) is 89.6 Å². The maximum atomic E-state index is 10.8. The van der Waals surface area contributed by atoms with Crippen LogP contribution < -0.4 is 10.2 Å². The van der Waals surface area contributed by atoms with Crippen LogP contribution in [-0.2, 0) is 6.42 Å². The fourth-order valence-corrected chi connectivity index (χ4v) is 2.52. The Balaban J connectivity index is 1.42. The van der Waals surface area contributed by atoms with Crippen LogP contribution in [0.15, 0.2) is 78.0 Å². The molecule has 6 heteroatoms. The van der Waals surface area contributed by atoms with Crippen LogP contribution in [0.3, 0.4) is 0 Å². The molecule has 0 amide bonds. The summed E-state index contributed by atoms with van der Waals surface area (Å²) < 4.78 is 5.77. The molecule has 0 aliphatic carbocycles. The fourth-order valence-electron chi connectivity index (χ4n) is 2.52. The molecular weight excluding hydrogens is 354 g/mol. The summed E-state index contributed by atoms with van der Waals surface area (Å²) in [4.78, 5) is 14.8. The van der Waals surface area contributed by atoms with Crippen molar-refractivity contribution in [1.82, 2.24) is 4.98 Å². The molecule has 0 spiro atoms. The third-order valence-corrected chi connectivity index (χ3v) is 4.00. The van der Waals surface area contributed by atoms with E-state index < -0.39 is 5.97 Å². The molecule has 0 radical (unpaired) electrons. The Kier molecular flexibility index (Phi) is 6.73. The number of hydrogen-bond acceptors (Lipinski definition) is 5. The second kappa shape index (κ2) is 9.87. The van der Waals surface area contributed by atoms with Crippen LogP contribution in [0.1, 0.15) is 27.9 Å². The SMILES string of the molecule is O=C(O)c1ccc(N/N=C/c2ccc(OCCCc3ccccc3)cc2)nc1. The van der Waals surface area contributed by atoms with Crippen molar-refractivity contribution in [2.45, 2.75) is 12.8 Å². The van der Waals surface area contributed by atoms with E-state index in [1.165, 1.54) is 17.8 Å². The van der Waals surface area contributed by atoms with Crippen molar-refractivity contribution in [3.63, 3.8) is 0 Å². The Labute approximate surface area is 163 Å². The number of pyridine rings is 1. The molecule has 0 bridgehead atoms. The van der Waals surface area contributed by atoms with Gasteiger partial charge in [0.15, 0.2) is 0 Å². The highest BCUT2D eigenvalue weighted by Crippen LogP contribution is 2.12. The summed E-state index contributed by atoms with van der Waals surface area (Å²) in [5.41, 5.74) is 5.12. The van der Waals surface area contributed by atoms with E-state index in [-0.39, 0.29) is 5.56 Å². The Bertz CT molecular complexity index is 908. The minimum absolute atomic E-state index is 0.133. The fraction of sp³-hybridized carbons (Fsp3) is 0.136. The number of carboxylic acids is 1. The molecule has 0 unspecified atom stereocenters. The lowest BCUT2D eigenvalue weighted by molar-refractivity contribution is 0.0696. The van der Waals surface area contributed by atoms with Crippen LogP contribution in [0, 0.1) is 0 Å². The zero-order valence-corrected chi connectivity index (χ0v) is 15.3. The van der Waals surface area contributed by atoms with Crippen molar-refractivity contribution >= 4 is 18.0 Å². The van der Waals surface area contributed by atoms with Gasteiger partial charge in [-0.25, -0.2) is 9.78 Å². The number of hydrogen-bond donors (Lipinski definition) is 2. The van der Waals surface area contributed by atoms with Crippen LogP contribution in [0.5, 0.6) is 5.75 Å². The average Bonchev–Trinajstić information content (AvgIpc) is 2.73. The van der Waals surface area contributed by atoms with Crippen molar-refractivity contribution in [2.75, 3.05) is 12.0 Å². The molecule has 1 aromatic heterocycles. The monoisotopic (exact) mass is 375 g/mol. The Morgan fingerprint density at radius 1 is 1.07 bits per heavy atom. The zero-order chi connectivity index (χ0) is 19.6. The van der Waals surface area contributed by atoms with Gasteiger partial charge in [-0.3, -0.25) is 5.43 Å². The molecule has 3 rings (SSSR count). The molecule has 0 fully saturated rings. The minimum atomic E-state index is -1.01. The highest BCUT2D eigenvalue weighted by atomic mass is 16.5. The highest BCUT2D eigenvalue weighted by molar-refractivity contribution is 5.87. The van der Waals surface area contributed by atoms with Crippen LogP contribution in [0.4, 0.5) is 5.82 Å². The third-order valence-electron chi connectivity index (χ3n) is 4.00. The molecule has 0 aliphatic heterocycles. The van der Waals surface area contributed by atoms with Gasteiger partial charge in [0.05, 0.1) is 18.4 Å². The average molecular weight is 375 g/mol. The van der Waals surface area contributed by atoms with Gasteiger partial charge in [-0.2, -0.15) is 5.10 Å². The van der Waals surface area contributed by atoms with E-state index in [1.807, 2.05) is 42.5 Å². The molecule has 0 atom stereocenters. The molecule has 3 aromatic rings. The number of aromatic nitrogens is 1. The molecule has 142 valence electrons. The summed E-state index contributed by atoms with van der Waals surface area (Å²) in [6, 6.07) is 21.0. The number of aromatic carboxylic acids is 1. The van der Waals surface area contributed by atoms with Gasteiger partial charge in [-0.05, 0) is 60.4 Å². The van der Waals surface area contributed by atoms with Crippen molar-refractivity contribution < 1.29 is 14.6 Å².